The number of carboxylic acid groups (broad SMARTS) is 1. The van der Waals surface area contributed by atoms with Crippen LogP contribution in [0.4, 0.5) is 0 Å². The quantitative estimate of drug-likeness (QED) is 0.331. The van der Waals surface area contributed by atoms with E-state index in [0.29, 0.717) is 6.61 Å². The molecule has 0 radical (unpaired) electrons. The second kappa shape index (κ2) is 13.5. The Kier molecular flexibility index (Phi) is 10.5. The molecule has 1 atom stereocenters. The van der Waals surface area contributed by atoms with Crippen LogP contribution >= 0.6 is 0 Å². The van der Waals surface area contributed by atoms with E-state index in [4.69, 9.17) is 9.47 Å². The number of hydrogen-bond acceptors (Lipinski definition) is 5. The van der Waals surface area contributed by atoms with Crippen molar-refractivity contribution in [2.24, 2.45) is 0 Å². The molecular formula is C30H30NNaO4. The first-order valence-corrected chi connectivity index (χ1v) is 11.8. The van der Waals surface area contributed by atoms with Gasteiger partial charge in [0, 0.05) is 32.0 Å². The van der Waals surface area contributed by atoms with Gasteiger partial charge in [-0.2, -0.15) is 0 Å². The first-order chi connectivity index (χ1) is 17.0. The third-order valence-electron chi connectivity index (χ3n) is 6.31. The summed E-state index contributed by atoms with van der Waals surface area (Å²) in [6, 6.07) is 22.4. The molecule has 1 unspecified atom stereocenters. The summed E-state index contributed by atoms with van der Waals surface area (Å²) < 4.78 is 11.3. The van der Waals surface area contributed by atoms with Crippen molar-refractivity contribution in [2.75, 3.05) is 13.7 Å². The van der Waals surface area contributed by atoms with Crippen LogP contribution in [0.1, 0.15) is 47.1 Å². The summed E-state index contributed by atoms with van der Waals surface area (Å²) in [5, 5.41) is 11.0. The first-order valence-electron chi connectivity index (χ1n) is 11.8. The predicted octanol–water partition coefficient (Wildman–Crippen LogP) is 1.08. The molecule has 3 aromatic rings. The van der Waals surface area contributed by atoms with Gasteiger partial charge in [0.15, 0.2) is 0 Å². The zero-order valence-corrected chi connectivity index (χ0v) is 23.3. The standard InChI is InChI=1S/C30H31NO4.Na/c1-3-4-25(18-30(32)33)24-9-12-28(13-10-24)35-21-23-7-5-22(6-8-23)19-31-16-15-26-17-29(34-2)14-11-27(26)20-31;/h5-14,17,25H,15-16,18-21H2,1-2H3,(H,32,33);/q;+1/p-1. The number of ether oxygens (including phenoxy) is 2. The normalized spacial score (nSPS) is 13.4. The van der Waals surface area contributed by atoms with Gasteiger partial charge in [-0.3, -0.25) is 4.90 Å². The average Bonchev–Trinajstić information content (AvgIpc) is 2.88. The van der Waals surface area contributed by atoms with Crippen LogP contribution in [0.15, 0.2) is 66.7 Å². The minimum Gasteiger partial charge on any atom is -0.550 e. The number of benzene rings is 3. The summed E-state index contributed by atoms with van der Waals surface area (Å²) in [5.41, 5.74) is 5.99. The molecule has 180 valence electrons. The van der Waals surface area contributed by atoms with Gasteiger partial charge in [-0.05, 0) is 65.4 Å². The van der Waals surface area contributed by atoms with Crippen molar-refractivity contribution in [1.29, 1.82) is 0 Å². The maximum absolute atomic E-state index is 11.0. The van der Waals surface area contributed by atoms with Crippen LogP contribution in [0.2, 0.25) is 0 Å². The largest absolute Gasteiger partial charge is 1.00 e. The number of methoxy groups -OCH3 is 1. The molecule has 0 spiro atoms. The van der Waals surface area contributed by atoms with Crippen molar-refractivity contribution in [2.45, 2.75) is 45.4 Å². The van der Waals surface area contributed by atoms with Gasteiger partial charge >= 0.3 is 29.6 Å². The fourth-order valence-corrected chi connectivity index (χ4v) is 4.40. The van der Waals surface area contributed by atoms with Gasteiger partial charge in [0.2, 0.25) is 0 Å². The monoisotopic (exact) mass is 491 g/mol. The minimum atomic E-state index is -1.10. The Morgan fingerprint density at radius 3 is 2.36 bits per heavy atom. The third-order valence-corrected chi connectivity index (χ3v) is 6.31. The maximum atomic E-state index is 11.0. The number of nitrogens with zero attached hydrogens (tertiary/aromatic N) is 1. The number of carbonyl (C=O) groups is 1. The topological polar surface area (TPSA) is 61.8 Å². The molecule has 0 fully saturated rings. The van der Waals surface area contributed by atoms with Gasteiger partial charge in [0.1, 0.15) is 18.1 Å². The van der Waals surface area contributed by atoms with Gasteiger partial charge < -0.3 is 19.4 Å². The van der Waals surface area contributed by atoms with E-state index in [1.54, 1.807) is 14.0 Å². The second-order valence-electron chi connectivity index (χ2n) is 8.79. The Hall–Kier alpha value is -2.75. The summed E-state index contributed by atoms with van der Waals surface area (Å²) in [6.45, 7) is 5.08. The van der Waals surface area contributed by atoms with Crippen LogP contribution in [0.3, 0.4) is 0 Å². The Bertz CT molecular complexity index is 1210. The minimum absolute atomic E-state index is 0. The predicted molar refractivity (Wildman–Crippen MR) is 134 cm³/mol. The van der Waals surface area contributed by atoms with Crippen molar-refractivity contribution in [3.63, 3.8) is 0 Å². The number of carboxylic acids is 1. The molecule has 0 amide bonds. The van der Waals surface area contributed by atoms with Crippen molar-refractivity contribution in [1.82, 2.24) is 4.90 Å². The Morgan fingerprint density at radius 2 is 1.69 bits per heavy atom. The fourth-order valence-electron chi connectivity index (χ4n) is 4.40. The number of rotatable bonds is 9. The van der Waals surface area contributed by atoms with Crippen LogP contribution in [0.5, 0.6) is 11.5 Å². The molecule has 0 saturated carbocycles. The SMILES string of the molecule is CC#CC(CC(=O)[O-])c1ccc(OCc2ccc(CN3CCc4cc(OC)ccc4C3)cc2)cc1.[Na+]. The first kappa shape index (κ1) is 27.8. The van der Waals surface area contributed by atoms with Crippen LogP contribution in [-0.2, 0) is 30.9 Å². The van der Waals surface area contributed by atoms with Crippen LogP contribution in [-0.4, -0.2) is 24.5 Å². The molecular weight excluding hydrogens is 461 g/mol. The van der Waals surface area contributed by atoms with E-state index in [2.05, 4.69) is 53.1 Å². The van der Waals surface area contributed by atoms with Crippen molar-refractivity contribution in [3.05, 3.63) is 94.5 Å². The number of carbonyl (C=O) groups excluding carboxylic acids is 1. The molecule has 1 aliphatic heterocycles. The molecule has 4 rings (SSSR count). The molecule has 5 nitrogen and oxygen atoms in total. The molecule has 1 aliphatic rings. The Balaban J connectivity index is 0.00000361. The molecule has 36 heavy (non-hydrogen) atoms. The van der Waals surface area contributed by atoms with Gasteiger partial charge in [0.05, 0.1) is 13.0 Å². The van der Waals surface area contributed by atoms with E-state index in [9.17, 15) is 9.90 Å². The smallest absolute Gasteiger partial charge is 0.550 e. The van der Waals surface area contributed by atoms with E-state index in [1.807, 2.05) is 30.3 Å². The van der Waals surface area contributed by atoms with Gasteiger partial charge in [0.25, 0.3) is 0 Å². The molecule has 0 N–H and O–H groups in total. The van der Waals surface area contributed by atoms with E-state index in [0.717, 1.165) is 48.7 Å². The molecule has 3 aromatic carbocycles. The van der Waals surface area contributed by atoms with Crippen LogP contribution in [0.25, 0.3) is 0 Å². The molecule has 0 aliphatic carbocycles. The van der Waals surface area contributed by atoms with Crippen molar-refractivity contribution < 1.29 is 48.9 Å². The summed E-state index contributed by atoms with van der Waals surface area (Å²) in [4.78, 5) is 13.5. The maximum Gasteiger partial charge on any atom is 1.00 e. The van der Waals surface area contributed by atoms with Gasteiger partial charge in [-0.15, -0.1) is 5.92 Å². The second-order valence-corrected chi connectivity index (χ2v) is 8.79. The van der Waals surface area contributed by atoms with Gasteiger partial charge in [-0.25, -0.2) is 0 Å². The fraction of sp³-hybridized carbons (Fsp3) is 0.300. The van der Waals surface area contributed by atoms with Crippen LogP contribution < -0.4 is 44.1 Å². The summed E-state index contributed by atoms with van der Waals surface area (Å²) >= 11 is 0. The molecule has 0 aromatic heterocycles. The zero-order valence-electron chi connectivity index (χ0n) is 21.3. The summed E-state index contributed by atoms with van der Waals surface area (Å²) in [7, 11) is 1.71. The number of aliphatic carboxylic acids is 1. The van der Waals surface area contributed by atoms with Crippen molar-refractivity contribution >= 4 is 5.97 Å². The van der Waals surface area contributed by atoms with Gasteiger partial charge in [-0.1, -0.05) is 48.4 Å². The van der Waals surface area contributed by atoms with Crippen molar-refractivity contribution in [3.8, 4) is 23.3 Å². The van der Waals surface area contributed by atoms with E-state index in [-0.39, 0.29) is 41.9 Å². The molecule has 0 saturated heterocycles. The average molecular weight is 492 g/mol. The van der Waals surface area contributed by atoms with Crippen LogP contribution in [0, 0.1) is 11.8 Å². The third kappa shape index (κ3) is 7.62. The summed E-state index contributed by atoms with van der Waals surface area (Å²) in [5.74, 6) is 5.91. The van der Waals surface area contributed by atoms with E-state index < -0.39 is 5.97 Å². The van der Waals surface area contributed by atoms with E-state index in [1.165, 1.54) is 16.7 Å². The van der Waals surface area contributed by atoms with E-state index >= 15 is 0 Å². The zero-order chi connectivity index (χ0) is 24.6. The Labute approximate surface area is 235 Å². The molecule has 0 bridgehead atoms. The molecule has 6 heteroatoms. The number of fused-ring (bicyclic) bond motifs is 1. The number of hydrogen-bond donors (Lipinski definition) is 0. The molecule has 1 heterocycles. The Morgan fingerprint density at radius 1 is 1.00 bits per heavy atom. The summed E-state index contributed by atoms with van der Waals surface area (Å²) in [6.07, 6.45) is 0.919.